The van der Waals surface area contributed by atoms with Crippen molar-refractivity contribution < 1.29 is 19.1 Å². The van der Waals surface area contributed by atoms with Gasteiger partial charge in [-0.2, -0.15) is 0 Å². The average Bonchev–Trinajstić information content (AvgIpc) is 2.98. The average molecular weight is 396 g/mol. The van der Waals surface area contributed by atoms with Crippen LogP contribution in [0, 0.1) is 0 Å². The lowest BCUT2D eigenvalue weighted by atomic mass is 9.98. The van der Waals surface area contributed by atoms with Crippen molar-refractivity contribution in [2.75, 3.05) is 20.2 Å². The number of benzene rings is 2. The Morgan fingerprint density at radius 2 is 1.55 bits per heavy atom. The van der Waals surface area contributed by atoms with E-state index in [9.17, 15) is 9.59 Å². The van der Waals surface area contributed by atoms with Gasteiger partial charge >= 0.3 is 12.1 Å². The van der Waals surface area contributed by atoms with Crippen molar-refractivity contribution >= 4 is 12.1 Å². The van der Waals surface area contributed by atoms with Crippen molar-refractivity contribution in [1.82, 2.24) is 4.90 Å². The molecule has 1 aliphatic carbocycles. The summed E-state index contributed by atoms with van der Waals surface area (Å²) in [6.45, 7) is 5.55. The third kappa shape index (κ3) is 4.77. The van der Waals surface area contributed by atoms with Gasteiger partial charge in [-0.25, -0.2) is 4.79 Å². The highest BCUT2D eigenvalue weighted by molar-refractivity contribution is 5.79. The summed E-state index contributed by atoms with van der Waals surface area (Å²) in [6.07, 6.45) is -0.522. The Balaban J connectivity index is 1.61. The summed E-state index contributed by atoms with van der Waals surface area (Å²) in [5.41, 5.74) is 9.89. The number of carbonyl (C=O) groups excluding carboxylic acids is 2. The van der Waals surface area contributed by atoms with E-state index in [0.717, 1.165) is 11.1 Å². The zero-order valence-corrected chi connectivity index (χ0v) is 17.3. The van der Waals surface area contributed by atoms with E-state index in [-0.39, 0.29) is 19.1 Å². The predicted octanol–water partition coefficient (Wildman–Crippen LogP) is 3.54. The fourth-order valence-corrected chi connectivity index (χ4v) is 3.53. The number of rotatable bonds is 5. The number of fused-ring (bicyclic) bond motifs is 3. The van der Waals surface area contributed by atoms with Gasteiger partial charge in [0.1, 0.15) is 18.2 Å². The lowest BCUT2D eigenvalue weighted by Gasteiger charge is -2.25. The van der Waals surface area contributed by atoms with Crippen LogP contribution >= 0.6 is 0 Å². The van der Waals surface area contributed by atoms with Gasteiger partial charge < -0.3 is 20.1 Å². The summed E-state index contributed by atoms with van der Waals surface area (Å²) in [6, 6.07) is 15.4. The molecule has 2 aromatic carbocycles. The smallest absolute Gasteiger partial charge is 0.409 e. The summed E-state index contributed by atoms with van der Waals surface area (Å²) in [4.78, 5) is 25.8. The van der Waals surface area contributed by atoms with Gasteiger partial charge in [-0.1, -0.05) is 48.5 Å². The van der Waals surface area contributed by atoms with Crippen LogP contribution in [-0.2, 0) is 14.3 Å². The maximum atomic E-state index is 12.5. The molecule has 1 atom stereocenters. The lowest BCUT2D eigenvalue weighted by molar-refractivity contribution is -0.156. The molecule has 0 fully saturated rings. The van der Waals surface area contributed by atoms with Gasteiger partial charge in [-0.05, 0) is 43.0 Å². The molecule has 0 saturated heterocycles. The van der Waals surface area contributed by atoms with E-state index in [4.69, 9.17) is 15.2 Å². The normalized spacial score (nSPS) is 14.0. The number of hydrogen-bond acceptors (Lipinski definition) is 5. The summed E-state index contributed by atoms with van der Waals surface area (Å²) in [5, 5.41) is 0. The van der Waals surface area contributed by atoms with Gasteiger partial charge in [0.2, 0.25) is 0 Å². The van der Waals surface area contributed by atoms with E-state index in [1.54, 1.807) is 27.8 Å². The van der Waals surface area contributed by atoms with Crippen LogP contribution in [0.25, 0.3) is 11.1 Å². The minimum atomic E-state index is -0.931. The predicted molar refractivity (Wildman–Crippen MR) is 112 cm³/mol. The fraction of sp³-hybridized carbons (Fsp3) is 0.391. The molecule has 0 aliphatic heterocycles. The van der Waals surface area contributed by atoms with Gasteiger partial charge in [0.05, 0.1) is 0 Å². The summed E-state index contributed by atoms with van der Waals surface area (Å²) < 4.78 is 10.8. The van der Waals surface area contributed by atoms with Crippen LogP contribution in [0.5, 0.6) is 0 Å². The number of nitrogens with two attached hydrogens (primary N) is 1. The second-order valence-corrected chi connectivity index (χ2v) is 8.32. The number of hydrogen-bond donors (Lipinski definition) is 1. The minimum absolute atomic E-state index is 0.0146. The molecule has 3 rings (SSSR count). The number of ether oxygens (including phenoxy) is 2. The summed E-state index contributed by atoms with van der Waals surface area (Å²) >= 11 is 0. The Bertz CT molecular complexity index is 858. The quantitative estimate of drug-likeness (QED) is 0.782. The van der Waals surface area contributed by atoms with Gasteiger partial charge in [0.15, 0.2) is 0 Å². The SMILES string of the molecule is CN(C[C@H](N)C(=O)OC(C)(C)C)C(=O)OCC1c2ccccc2-c2ccccc21. The van der Waals surface area contributed by atoms with Crippen LogP contribution in [0.1, 0.15) is 37.8 Å². The van der Waals surface area contributed by atoms with E-state index in [1.165, 1.54) is 16.0 Å². The van der Waals surface area contributed by atoms with Gasteiger partial charge in [0, 0.05) is 19.5 Å². The van der Waals surface area contributed by atoms with Crippen molar-refractivity contribution in [3.05, 3.63) is 59.7 Å². The van der Waals surface area contributed by atoms with Crippen LogP contribution in [0.15, 0.2) is 48.5 Å². The van der Waals surface area contributed by atoms with Crippen molar-refractivity contribution in [2.24, 2.45) is 5.73 Å². The third-order valence-electron chi connectivity index (χ3n) is 4.83. The van der Waals surface area contributed by atoms with E-state index >= 15 is 0 Å². The number of carbonyl (C=O) groups is 2. The zero-order valence-electron chi connectivity index (χ0n) is 17.3. The van der Waals surface area contributed by atoms with Crippen molar-refractivity contribution in [2.45, 2.75) is 38.3 Å². The van der Waals surface area contributed by atoms with E-state index in [2.05, 4.69) is 24.3 Å². The number of nitrogens with zero attached hydrogens (tertiary/aromatic N) is 1. The largest absolute Gasteiger partial charge is 0.459 e. The Hall–Kier alpha value is -2.86. The molecule has 6 heteroatoms. The standard InChI is InChI=1S/C23H28N2O4/c1-23(2,3)29-21(26)20(24)13-25(4)22(27)28-14-19-17-11-7-5-9-15(17)16-10-6-8-12-18(16)19/h5-12,19-20H,13-14,24H2,1-4H3/t20-/m0/s1. The van der Waals surface area contributed by atoms with Gasteiger partial charge in [0.25, 0.3) is 0 Å². The molecule has 0 heterocycles. The highest BCUT2D eigenvalue weighted by Crippen LogP contribution is 2.44. The second kappa shape index (κ2) is 8.25. The Kier molecular flexibility index (Phi) is 5.94. The van der Waals surface area contributed by atoms with Crippen LogP contribution in [-0.4, -0.2) is 48.8 Å². The molecule has 2 N–H and O–H groups in total. The molecular weight excluding hydrogens is 368 g/mol. The Morgan fingerprint density at radius 3 is 2.07 bits per heavy atom. The highest BCUT2D eigenvalue weighted by Gasteiger charge is 2.30. The molecule has 29 heavy (non-hydrogen) atoms. The van der Waals surface area contributed by atoms with Crippen LogP contribution in [0.4, 0.5) is 4.79 Å². The number of amides is 1. The molecule has 1 aliphatic rings. The first-order valence-corrected chi connectivity index (χ1v) is 9.72. The monoisotopic (exact) mass is 396 g/mol. The van der Waals surface area contributed by atoms with E-state index in [1.807, 2.05) is 24.3 Å². The molecule has 2 aromatic rings. The van der Waals surface area contributed by atoms with Crippen molar-refractivity contribution in [3.63, 3.8) is 0 Å². The first kappa shape index (κ1) is 20.9. The Morgan fingerprint density at radius 1 is 1.03 bits per heavy atom. The molecule has 154 valence electrons. The minimum Gasteiger partial charge on any atom is -0.459 e. The maximum absolute atomic E-state index is 12.5. The maximum Gasteiger partial charge on any atom is 0.409 e. The van der Waals surface area contributed by atoms with Crippen molar-refractivity contribution in [3.8, 4) is 11.1 Å². The molecule has 0 saturated carbocycles. The number of esters is 1. The summed E-state index contributed by atoms with van der Waals surface area (Å²) in [5.74, 6) is -0.560. The molecule has 0 aromatic heterocycles. The second-order valence-electron chi connectivity index (χ2n) is 8.32. The third-order valence-corrected chi connectivity index (χ3v) is 4.83. The van der Waals surface area contributed by atoms with Crippen LogP contribution < -0.4 is 5.73 Å². The molecule has 1 amide bonds. The lowest BCUT2D eigenvalue weighted by Crippen LogP contribution is -2.46. The highest BCUT2D eigenvalue weighted by atomic mass is 16.6. The number of likely N-dealkylation sites (N-methyl/N-ethyl adjacent to an activating group) is 1. The van der Waals surface area contributed by atoms with Crippen LogP contribution in [0.3, 0.4) is 0 Å². The summed E-state index contributed by atoms with van der Waals surface area (Å²) in [7, 11) is 1.56. The zero-order chi connectivity index (χ0) is 21.2. The topological polar surface area (TPSA) is 81.9 Å². The molecule has 0 spiro atoms. The van der Waals surface area contributed by atoms with Crippen LogP contribution in [0.2, 0.25) is 0 Å². The first-order valence-electron chi connectivity index (χ1n) is 9.72. The van der Waals surface area contributed by atoms with Gasteiger partial charge in [-0.15, -0.1) is 0 Å². The Labute approximate surface area is 171 Å². The molecule has 0 radical (unpaired) electrons. The van der Waals surface area contributed by atoms with Gasteiger partial charge in [-0.3, -0.25) is 4.79 Å². The molecular formula is C23H28N2O4. The molecule has 0 unspecified atom stereocenters. The molecule has 0 bridgehead atoms. The molecule has 6 nitrogen and oxygen atoms in total. The van der Waals surface area contributed by atoms with E-state index in [0.29, 0.717) is 0 Å². The fourth-order valence-electron chi connectivity index (χ4n) is 3.53. The van der Waals surface area contributed by atoms with Crippen molar-refractivity contribution in [1.29, 1.82) is 0 Å². The first-order chi connectivity index (χ1) is 13.7. The van der Waals surface area contributed by atoms with E-state index < -0.39 is 23.7 Å².